The maximum Gasteiger partial charge on any atom is 0.294 e. The van der Waals surface area contributed by atoms with Crippen molar-refractivity contribution in [1.29, 1.82) is 5.41 Å². The second kappa shape index (κ2) is 12.6. The molecular formula is C27H35N7O3S. The number of nitrogen functional groups attached to an aromatic ring is 2. The second-order valence-electron chi connectivity index (χ2n) is 9.77. The van der Waals surface area contributed by atoms with Gasteiger partial charge in [-0.1, -0.05) is 38.1 Å². The molecular weight excluding hydrogens is 502 g/mol. The molecule has 3 aromatic rings. The van der Waals surface area contributed by atoms with Crippen molar-refractivity contribution in [2.45, 2.75) is 51.7 Å². The van der Waals surface area contributed by atoms with E-state index < -0.39 is 16.7 Å². The molecule has 0 aliphatic rings. The number of anilines is 2. The molecule has 1 amide bonds. The van der Waals surface area contributed by atoms with Crippen LogP contribution in [0.3, 0.4) is 0 Å². The van der Waals surface area contributed by atoms with Crippen molar-refractivity contribution >= 4 is 34.4 Å². The minimum absolute atomic E-state index is 0.0336. The van der Waals surface area contributed by atoms with Gasteiger partial charge in [0.1, 0.15) is 18.1 Å². The number of carbonyl (C=O) groups is 1. The van der Waals surface area contributed by atoms with Crippen molar-refractivity contribution in [2.75, 3.05) is 16.8 Å². The summed E-state index contributed by atoms with van der Waals surface area (Å²) in [4.78, 5) is 31.2. The standard InChI is InChI=1S/C27H35N7O3S/c1-16(2)15-38(37)22-10-20(9-21(28)11-22)23-13-32-26(33-17(3)4)27(36)34(23)14-24(35)31-12-18-5-7-19(8-6-18)25(29)30/h5-11,13,16-17H,12,14-15,28H2,1-4H3,(H3,29,30)(H,31,35)(H,32,33). The number of nitrogens with zero attached hydrogens (tertiary/aromatic N) is 2. The van der Waals surface area contributed by atoms with Gasteiger partial charge in [-0.25, -0.2) is 4.98 Å². The van der Waals surface area contributed by atoms with Crippen LogP contribution in [0.4, 0.5) is 11.5 Å². The molecule has 7 N–H and O–H groups in total. The average Bonchev–Trinajstić information content (AvgIpc) is 2.84. The predicted octanol–water partition coefficient (Wildman–Crippen LogP) is 2.68. The summed E-state index contributed by atoms with van der Waals surface area (Å²) in [7, 11) is 0. The summed E-state index contributed by atoms with van der Waals surface area (Å²) in [5.41, 5.74) is 13.9. The molecule has 1 unspecified atom stereocenters. The van der Waals surface area contributed by atoms with Gasteiger partial charge in [-0.2, -0.15) is 0 Å². The molecule has 1 aromatic heterocycles. The van der Waals surface area contributed by atoms with Gasteiger partial charge in [0.15, 0.2) is 10.7 Å². The molecule has 11 heteroatoms. The van der Waals surface area contributed by atoms with E-state index in [1.165, 1.54) is 10.8 Å². The summed E-state index contributed by atoms with van der Waals surface area (Å²) >= 11 is -1.27. The SMILES string of the molecule is CC(C)C[S+]([O-])c1cc(N)cc(-c2cnc(NC(C)C)c(=O)n2CC(=O)NCc2ccc(C(=N)N)cc2)c1. The minimum Gasteiger partial charge on any atom is -0.611 e. The van der Waals surface area contributed by atoms with Crippen molar-refractivity contribution in [3.05, 3.63) is 70.1 Å². The lowest BCUT2D eigenvalue weighted by Crippen LogP contribution is -2.35. The molecule has 10 nitrogen and oxygen atoms in total. The zero-order chi connectivity index (χ0) is 28.0. The molecule has 0 aliphatic heterocycles. The van der Waals surface area contributed by atoms with E-state index in [1.807, 2.05) is 27.7 Å². The molecule has 0 saturated carbocycles. The molecule has 0 aliphatic carbocycles. The highest BCUT2D eigenvalue weighted by atomic mass is 32.2. The third kappa shape index (κ3) is 7.59. The Kier molecular flexibility index (Phi) is 9.54. The molecule has 2 aromatic carbocycles. The third-order valence-corrected chi connectivity index (χ3v) is 7.24. The number of amidine groups is 1. The Hall–Kier alpha value is -3.83. The van der Waals surface area contributed by atoms with E-state index in [-0.39, 0.29) is 42.6 Å². The smallest absolute Gasteiger partial charge is 0.294 e. The van der Waals surface area contributed by atoms with Crippen molar-refractivity contribution < 1.29 is 9.35 Å². The molecule has 0 spiro atoms. The lowest BCUT2D eigenvalue weighted by atomic mass is 10.1. The predicted molar refractivity (Wildman–Crippen MR) is 153 cm³/mol. The van der Waals surface area contributed by atoms with E-state index >= 15 is 0 Å². The monoisotopic (exact) mass is 537 g/mol. The first-order valence-corrected chi connectivity index (χ1v) is 13.6. The van der Waals surface area contributed by atoms with Gasteiger partial charge in [-0.05, 0) is 42.6 Å². The Morgan fingerprint density at radius 3 is 2.45 bits per heavy atom. The van der Waals surface area contributed by atoms with Crippen molar-refractivity contribution in [3.63, 3.8) is 0 Å². The van der Waals surface area contributed by atoms with Gasteiger partial charge < -0.3 is 26.7 Å². The lowest BCUT2D eigenvalue weighted by molar-refractivity contribution is -0.121. The summed E-state index contributed by atoms with van der Waals surface area (Å²) in [6, 6.07) is 12.0. The Labute approximate surface area is 225 Å². The first-order chi connectivity index (χ1) is 17.9. The van der Waals surface area contributed by atoms with Gasteiger partial charge in [-0.3, -0.25) is 19.6 Å². The highest BCUT2D eigenvalue weighted by Crippen LogP contribution is 2.27. The highest BCUT2D eigenvalue weighted by Gasteiger charge is 2.20. The van der Waals surface area contributed by atoms with E-state index in [0.717, 1.165) is 5.56 Å². The molecule has 0 bridgehead atoms. The molecule has 1 heterocycles. The van der Waals surface area contributed by atoms with Crippen LogP contribution in [-0.4, -0.2) is 37.6 Å². The maximum atomic E-state index is 13.4. The number of benzene rings is 2. The number of hydrogen-bond donors (Lipinski definition) is 5. The number of hydrogen-bond acceptors (Lipinski definition) is 7. The van der Waals surface area contributed by atoms with Gasteiger partial charge >= 0.3 is 0 Å². The van der Waals surface area contributed by atoms with Crippen molar-refractivity contribution in [3.8, 4) is 11.3 Å². The van der Waals surface area contributed by atoms with Crippen LogP contribution in [0.1, 0.15) is 38.8 Å². The van der Waals surface area contributed by atoms with Crippen LogP contribution in [0, 0.1) is 11.3 Å². The molecule has 0 radical (unpaired) electrons. The fraction of sp³-hybridized carbons (Fsp3) is 0.333. The number of nitrogens with one attached hydrogen (secondary N) is 3. The summed E-state index contributed by atoms with van der Waals surface area (Å²) in [6.07, 6.45) is 1.52. The molecule has 38 heavy (non-hydrogen) atoms. The maximum absolute atomic E-state index is 13.4. The Bertz CT molecular complexity index is 1350. The third-order valence-electron chi connectivity index (χ3n) is 5.51. The number of rotatable bonds is 11. The van der Waals surface area contributed by atoms with Crippen LogP contribution in [-0.2, 0) is 29.1 Å². The van der Waals surface area contributed by atoms with Gasteiger partial charge in [0.25, 0.3) is 5.56 Å². The van der Waals surface area contributed by atoms with Gasteiger partial charge in [-0.15, -0.1) is 0 Å². The van der Waals surface area contributed by atoms with Crippen LogP contribution in [0.15, 0.2) is 58.4 Å². The van der Waals surface area contributed by atoms with Crippen LogP contribution >= 0.6 is 0 Å². The molecule has 3 rings (SSSR count). The van der Waals surface area contributed by atoms with Crippen molar-refractivity contribution in [1.82, 2.24) is 14.9 Å². The summed E-state index contributed by atoms with van der Waals surface area (Å²) in [5.74, 6) is 0.418. The van der Waals surface area contributed by atoms with Crippen molar-refractivity contribution in [2.24, 2.45) is 11.7 Å². The summed E-state index contributed by atoms with van der Waals surface area (Å²) in [6.45, 7) is 7.73. The summed E-state index contributed by atoms with van der Waals surface area (Å²) < 4.78 is 14.2. The zero-order valence-corrected chi connectivity index (χ0v) is 22.9. The topological polar surface area (TPSA) is 175 Å². The normalized spacial score (nSPS) is 12.0. The number of aromatic nitrogens is 2. The van der Waals surface area contributed by atoms with Gasteiger partial charge in [0.2, 0.25) is 5.91 Å². The van der Waals surface area contributed by atoms with E-state index in [0.29, 0.717) is 33.2 Å². The second-order valence-corrected chi connectivity index (χ2v) is 11.3. The highest BCUT2D eigenvalue weighted by molar-refractivity contribution is 7.91. The van der Waals surface area contributed by atoms with Gasteiger partial charge in [0, 0.05) is 41.5 Å². The fourth-order valence-corrected chi connectivity index (χ4v) is 5.07. The molecule has 202 valence electrons. The largest absolute Gasteiger partial charge is 0.611 e. The van der Waals surface area contributed by atoms with Crippen LogP contribution < -0.4 is 27.7 Å². The van der Waals surface area contributed by atoms with Crippen LogP contribution in [0.25, 0.3) is 11.3 Å². The molecule has 1 atom stereocenters. The number of amides is 1. The lowest BCUT2D eigenvalue weighted by Gasteiger charge is -2.18. The number of nitrogens with two attached hydrogens (primary N) is 2. The fourth-order valence-electron chi connectivity index (χ4n) is 3.75. The van der Waals surface area contributed by atoms with Crippen LogP contribution in [0.2, 0.25) is 0 Å². The first kappa shape index (κ1) is 28.7. The van der Waals surface area contributed by atoms with Gasteiger partial charge in [0.05, 0.1) is 11.9 Å². The van der Waals surface area contributed by atoms with E-state index in [9.17, 15) is 14.1 Å². The Morgan fingerprint density at radius 1 is 1.16 bits per heavy atom. The van der Waals surface area contributed by atoms with E-state index in [1.54, 1.807) is 42.5 Å². The number of carbonyl (C=O) groups excluding carboxylic acids is 1. The van der Waals surface area contributed by atoms with E-state index in [4.69, 9.17) is 16.9 Å². The van der Waals surface area contributed by atoms with Crippen LogP contribution in [0.5, 0.6) is 0 Å². The Morgan fingerprint density at radius 2 is 1.84 bits per heavy atom. The Balaban J connectivity index is 1.93. The molecule has 0 fully saturated rings. The quantitative estimate of drug-likeness (QED) is 0.108. The minimum atomic E-state index is -1.27. The molecule has 0 saturated heterocycles. The zero-order valence-electron chi connectivity index (χ0n) is 22.1. The summed E-state index contributed by atoms with van der Waals surface area (Å²) in [5, 5.41) is 13.3. The first-order valence-electron chi connectivity index (χ1n) is 12.3. The average molecular weight is 538 g/mol. The van der Waals surface area contributed by atoms with E-state index in [2.05, 4.69) is 15.6 Å².